The number of esters is 2. The molecule has 3 rings (SSSR count). The van der Waals surface area contributed by atoms with Gasteiger partial charge in [0.05, 0.1) is 5.41 Å². The van der Waals surface area contributed by atoms with Gasteiger partial charge in [-0.3, -0.25) is 18.7 Å². The Balaban J connectivity index is 1.60. The van der Waals surface area contributed by atoms with Crippen molar-refractivity contribution in [2.75, 3.05) is 25.7 Å². The van der Waals surface area contributed by atoms with Crippen LogP contribution in [0.5, 0.6) is 0 Å². The first-order valence-corrected chi connectivity index (χ1v) is 15.5. The lowest BCUT2D eigenvalue weighted by Crippen LogP contribution is -2.42. The third-order valence-electron chi connectivity index (χ3n) is 6.59. The molecule has 1 aliphatic rings. The van der Waals surface area contributed by atoms with Gasteiger partial charge in [-0.1, -0.05) is 60.7 Å². The zero-order valence-corrected chi connectivity index (χ0v) is 24.1. The average Bonchev–Trinajstić information content (AvgIpc) is 3.41. The Morgan fingerprint density at radius 1 is 0.923 bits per heavy atom. The zero-order valence-electron chi connectivity index (χ0n) is 23.2. The Labute approximate surface area is 231 Å². The van der Waals surface area contributed by atoms with Gasteiger partial charge in [-0.2, -0.15) is 0 Å². The number of rotatable bonds is 13. The molecule has 1 saturated heterocycles. The summed E-state index contributed by atoms with van der Waals surface area (Å²) in [7, 11) is -3.50. The van der Waals surface area contributed by atoms with Crippen LogP contribution in [0.3, 0.4) is 0 Å². The van der Waals surface area contributed by atoms with E-state index in [0.717, 1.165) is 18.4 Å². The molecule has 2 atom stereocenters. The van der Waals surface area contributed by atoms with Gasteiger partial charge in [0.2, 0.25) is 13.3 Å². The molecule has 1 heterocycles. The summed E-state index contributed by atoms with van der Waals surface area (Å²) in [5.74, 6) is -1.37. The number of nitrogens with zero attached hydrogens (tertiary/aromatic N) is 1. The van der Waals surface area contributed by atoms with E-state index in [1.807, 2.05) is 60.7 Å². The summed E-state index contributed by atoms with van der Waals surface area (Å²) in [6.07, 6.45) is 3.13. The molecule has 0 aliphatic carbocycles. The molecule has 1 amide bonds. The van der Waals surface area contributed by atoms with Crippen LogP contribution < -0.4 is 0 Å². The highest BCUT2D eigenvalue weighted by molar-refractivity contribution is 7.59. The van der Waals surface area contributed by atoms with Crippen molar-refractivity contribution < 1.29 is 32.9 Å². The number of benzene rings is 2. The van der Waals surface area contributed by atoms with Crippen LogP contribution in [-0.4, -0.2) is 54.4 Å². The number of carbonyl (C=O) groups excluding carboxylic acids is 3. The maximum Gasteiger partial charge on any atom is 0.329 e. The highest BCUT2D eigenvalue weighted by atomic mass is 31.2. The lowest BCUT2D eigenvalue weighted by Gasteiger charge is -2.26. The van der Waals surface area contributed by atoms with Crippen molar-refractivity contribution >= 4 is 25.2 Å². The van der Waals surface area contributed by atoms with Crippen molar-refractivity contribution in [1.29, 1.82) is 0 Å². The van der Waals surface area contributed by atoms with Crippen LogP contribution in [0.25, 0.3) is 0 Å². The fourth-order valence-electron chi connectivity index (χ4n) is 4.34. The van der Waals surface area contributed by atoms with Gasteiger partial charge in [-0.15, -0.1) is 0 Å². The molecule has 2 aromatic carbocycles. The molecule has 2 aromatic rings. The summed E-state index contributed by atoms with van der Waals surface area (Å²) in [4.78, 5) is 39.7. The molecule has 1 aliphatic heterocycles. The fourth-order valence-corrected chi connectivity index (χ4v) is 6.26. The van der Waals surface area contributed by atoms with Gasteiger partial charge in [-0.25, -0.2) is 4.79 Å². The quantitative estimate of drug-likeness (QED) is 0.137. The van der Waals surface area contributed by atoms with Crippen LogP contribution in [0.15, 0.2) is 60.7 Å². The number of unbranched alkanes of at least 4 members (excludes halogenated alkanes) is 1. The smallest absolute Gasteiger partial charge is 0.329 e. The number of carbonyl (C=O) groups is 3. The molecule has 212 valence electrons. The van der Waals surface area contributed by atoms with Crippen LogP contribution in [0, 0.1) is 5.41 Å². The standard InChI is InChI=1S/C30H40NO7P/c1-30(2,3)29(34)37-23-38-39(35,20-11-10-15-24-13-6-4-7-14-24)22-27(32)31-19-12-18-26(31)28(33)36-21-25-16-8-5-9-17-25/h4-9,13-14,16-17,26H,10-12,15,18-23H2,1-3H3/t26-,39?/m0/s1. The van der Waals surface area contributed by atoms with Crippen molar-refractivity contribution in [1.82, 2.24) is 4.90 Å². The van der Waals surface area contributed by atoms with Gasteiger partial charge in [0.25, 0.3) is 0 Å². The van der Waals surface area contributed by atoms with Crippen molar-refractivity contribution in [3.8, 4) is 0 Å². The van der Waals surface area contributed by atoms with Crippen molar-refractivity contribution in [2.24, 2.45) is 5.41 Å². The highest BCUT2D eigenvalue weighted by Gasteiger charge is 2.38. The molecule has 1 fully saturated rings. The number of ether oxygens (including phenoxy) is 2. The topological polar surface area (TPSA) is 99.2 Å². The molecule has 0 aromatic heterocycles. The van der Waals surface area contributed by atoms with Crippen LogP contribution in [0.2, 0.25) is 0 Å². The van der Waals surface area contributed by atoms with Crippen molar-refractivity contribution in [3.63, 3.8) is 0 Å². The summed E-state index contributed by atoms with van der Waals surface area (Å²) < 4.78 is 30.1. The molecule has 0 spiro atoms. The predicted octanol–water partition coefficient (Wildman–Crippen LogP) is 5.59. The number of likely N-dealkylation sites (tertiary alicyclic amines) is 1. The minimum absolute atomic E-state index is 0.125. The SMILES string of the molecule is CC(C)(C)C(=O)OCOP(=O)(CCCCc1ccccc1)CC(=O)N1CCC[C@H]1C(=O)OCc1ccccc1. The van der Waals surface area contributed by atoms with Gasteiger partial charge in [0.15, 0.2) is 6.79 Å². The minimum atomic E-state index is -3.50. The van der Waals surface area contributed by atoms with E-state index in [4.69, 9.17) is 14.0 Å². The maximum absolute atomic E-state index is 13.8. The predicted molar refractivity (Wildman–Crippen MR) is 149 cm³/mol. The van der Waals surface area contributed by atoms with E-state index in [1.54, 1.807) is 20.8 Å². The van der Waals surface area contributed by atoms with E-state index in [-0.39, 0.29) is 18.9 Å². The van der Waals surface area contributed by atoms with Gasteiger partial charge >= 0.3 is 11.9 Å². The van der Waals surface area contributed by atoms with E-state index < -0.39 is 43.5 Å². The number of aryl methyl sites for hydroxylation is 1. The van der Waals surface area contributed by atoms with Crippen LogP contribution in [-0.2, 0) is 46.0 Å². The highest BCUT2D eigenvalue weighted by Crippen LogP contribution is 2.48. The van der Waals surface area contributed by atoms with E-state index in [9.17, 15) is 18.9 Å². The second kappa shape index (κ2) is 14.4. The first-order valence-electron chi connectivity index (χ1n) is 13.5. The number of hydrogen-bond acceptors (Lipinski definition) is 7. The Bertz CT molecular complexity index is 1130. The third-order valence-corrected chi connectivity index (χ3v) is 8.92. The molecular formula is C30H40NO7P. The number of hydrogen-bond donors (Lipinski definition) is 0. The van der Waals surface area contributed by atoms with E-state index in [2.05, 4.69) is 0 Å². The molecule has 39 heavy (non-hydrogen) atoms. The maximum atomic E-state index is 13.8. The van der Waals surface area contributed by atoms with Gasteiger partial charge in [0, 0.05) is 12.7 Å². The first kappa shape index (κ1) is 30.6. The van der Waals surface area contributed by atoms with Crippen LogP contribution in [0.1, 0.15) is 57.6 Å². The summed E-state index contributed by atoms with van der Waals surface area (Å²) >= 11 is 0. The Kier molecular flexibility index (Phi) is 11.3. The Hall–Kier alpha value is -2.96. The monoisotopic (exact) mass is 557 g/mol. The van der Waals surface area contributed by atoms with Gasteiger partial charge in [-0.05, 0) is 64.0 Å². The molecule has 0 bridgehead atoms. The second-order valence-electron chi connectivity index (χ2n) is 10.9. The molecular weight excluding hydrogens is 517 g/mol. The molecule has 8 nitrogen and oxygen atoms in total. The lowest BCUT2D eigenvalue weighted by atomic mass is 9.98. The molecule has 1 unspecified atom stereocenters. The number of amides is 1. The van der Waals surface area contributed by atoms with E-state index >= 15 is 0 Å². The summed E-state index contributed by atoms with van der Waals surface area (Å²) in [6, 6.07) is 18.6. The molecule has 9 heteroatoms. The van der Waals surface area contributed by atoms with Crippen LogP contribution in [0.4, 0.5) is 0 Å². The third kappa shape index (κ3) is 9.94. The van der Waals surface area contributed by atoms with Gasteiger partial charge < -0.3 is 14.4 Å². The molecule has 0 saturated carbocycles. The van der Waals surface area contributed by atoms with Crippen LogP contribution >= 0.6 is 7.37 Å². The van der Waals surface area contributed by atoms with E-state index in [0.29, 0.717) is 25.8 Å². The lowest BCUT2D eigenvalue weighted by molar-refractivity contribution is -0.159. The normalized spacial score (nSPS) is 16.9. The summed E-state index contributed by atoms with van der Waals surface area (Å²) in [5.41, 5.74) is 1.30. The largest absolute Gasteiger partial charge is 0.459 e. The average molecular weight is 558 g/mol. The Morgan fingerprint density at radius 2 is 1.56 bits per heavy atom. The zero-order chi connectivity index (χ0) is 28.3. The first-order chi connectivity index (χ1) is 18.6. The van der Waals surface area contributed by atoms with Crippen molar-refractivity contribution in [3.05, 3.63) is 71.8 Å². The minimum Gasteiger partial charge on any atom is -0.459 e. The Morgan fingerprint density at radius 3 is 2.21 bits per heavy atom. The van der Waals surface area contributed by atoms with Crippen molar-refractivity contribution in [2.45, 2.75) is 65.5 Å². The van der Waals surface area contributed by atoms with Gasteiger partial charge in [0.1, 0.15) is 18.8 Å². The summed E-state index contributed by atoms with van der Waals surface area (Å²) in [5, 5.41) is 0. The fraction of sp³-hybridized carbons (Fsp3) is 0.500. The summed E-state index contributed by atoms with van der Waals surface area (Å²) in [6.45, 7) is 5.17. The molecule has 0 radical (unpaired) electrons. The molecule has 0 N–H and O–H groups in total. The second-order valence-corrected chi connectivity index (χ2v) is 13.6. The van der Waals surface area contributed by atoms with E-state index in [1.165, 1.54) is 10.5 Å².